The maximum Gasteiger partial charge on any atom is 0.240 e. The lowest BCUT2D eigenvalue weighted by molar-refractivity contribution is -0.614. The van der Waals surface area contributed by atoms with E-state index in [0.717, 1.165) is 57.4 Å². The zero-order valence-corrected chi connectivity index (χ0v) is 28.1. The number of nitrogens with one attached hydrogen (secondary N) is 2. The lowest BCUT2D eigenvalue weighted by atomic mass is 9.83. The average molecular weight is 669 g/mol. The Morgan fingerprint density at radius 3 is 2.58 bits per heavy atom. The molecule has 3 aliphatic rings. The van der Waals surface area contributed by atoms with Crippen molar-refractivity contribution in [3.05, 3.63) is 108 Å². The molecule has 2 aromatic carbocycles. The van der Waals surface area contributed by atoms with E-state index in [1.165, 1.54) is 5.56 Å². The van der Waals surface area contributed by atoms with Crippen LogP contribution in [-0.2, 0) is 9.59 Å². The van der Waals surface area contributed by atoms with Crippen molar-refractivity contribution in [1.82, 2.24) is 30.0 Å². The SMILES string of the molecule is CC[C@@]1(C(=O)Nc2ccc3[nH]nc(-c4cc[n+]([O-])c(C5CC5)c4)c3c2)CCN(CC(=O)N2C=CC(c3ccc(-c4ncccn4)cc3)CC2)C1. The number of likely N-dealkylation sites (tertiary alicyclic amines) is 1. The molecular formula is C39H40N8O3. The highest BCUT2D eigenvalue weighted by Crippen LogP contribution is 2.40. The van der Waals surface area contributed by atoms with Gasteiger partial charge in [-0.3, -0.25) is 19.6 Å². The molecule has 0 bridgehead atoms. The van der Waals surface area contributed by atoms with Gasteiger partial charge in [0.05, 0.1) is 17.5 Å². The van der Waals surface area contributed by atoms with E-state index in [9.17, 15) is 14.8 Å². The summed E-state index contributed by atoms with van der Waals surface area (Å²) in [5.41, 5.74) is 5.55. The lowest BCUT2D eigenvalue weighted by Gasteiger charge is -2.29. The first-order valence-electron chi connectivity index (χ1n) is 17.5. The van der Waals surface area contributed by atoms with Gasteiger partial charge in [-0.05, 0) is 68.5 Å². The summed E-state index contributed by atoms with van der Waals surface area (Å²) in [6, 6.07) is 19.6. The highest BCUT2D eigenvalue weighted by Gasteiger charge is 2.43. The van der Waals surface area contributed by atoms with Gasteiger partial charge in [0, 0.05) is 77.9 Å². The van der Waals surface area contributed by atoms with Crippen LogP contribution in [0.25, 0.3) is 33.5 Å². The van der Waals surface area contributed by atoms with Gasteiger partial charge in [-0.15, -0.1) is 0 Å². The van der Waals surface area contributed by atoms with Gasteiger partial charge < -0.3 is 15.4 Å². The number of nitrogens with zero attached hydrogens (tertiary/aromatic N) is 6. The van der Waals surface area contributed by atoms with Crippen molar-refractivity contribution in [2.75, 3.05) is 31.5 Å². The number of fused-ring (bicyclic) bond motifs is 1. The molecule has 11 heteroatoms. The number of amides is 2. The Bertz CT molecular complexity index is 2070. The van der Waals surface area contributed by atoms with Crippen molar-refractivity contribution in [3.63, 3.8) is 0 Å². The van der Waals surface area contributed by atoms with Gasteiger partial charge in [0.15, 0.2) is 17.7 Å². The van der Waals surface area contributed by atoms with Crippen LogP contribution in [0.3, 0.4) is 0 Å². The van der Waals surface area contributed by atoms with Crippen LogP contribution in [0.4, 0.5) is 5.69 Å². The van der Waals surface area contributed by atoms with Crippen LogP contribution in [0.2, 0.25) is 0 Å². The smallest absolute Gasteiger partial charge is 0.240 e. The Balaban J connectivity index is 0.892. The number of hydrogen-bond acceptors (Lipinski definition) is 7. The Morgan fingerprint density at radius 1 is 1.02 bits per heavy atom. The number of aromatic nitrogens is 5. The van der Waals surface area contributed by atoms with Crippen molar-refractivity contribution in [2.24, 2.45) is 5.41 Å². The summed E-state index contributed by atoms with van der Waals surface area (Å²) >= 11 is 0. The van der Waals surface area contributed by atoms with Gasteiger partial charge in [0.25, 0.3) is 0 Å². The molecule has 2 amide bonds. The highest BCUT2D eigenvalue weighted by atomic mass is 16.5. The number of carbonyl (C=O) groups is 2. The molecule has 5 aromatic rings. The van der Waals surface area contributed by atoms with E-state index in [1.54, 1.807) is 30.7 Å². The molecule has 3 aromatic heterocycles. The molecule has 2 aliphatic heterocycles. The Labute approximate surface area is 290 Å². The first-order chi connectivity index (χ1) is 24.4. The van der Waals surface area contributed by atoms with Crippen LogP contribution in [0.15, 0.2) is 91.5 Å². The van der Waals surface area contributed by atoms with E-state index >= 15 is 0 Å². The number of aromatic amines is 1. The van der Waals surface area contributed by atoms with E-state index < -0.39 is 5.41 Å². The van der Waals surface area contributed by atoms with Crippen molar-refractivity contribution in [1.29, 1.82) is 0 Å². The molecular weight excluding hydrogens is 628 g/mol. The minimum absolute atomic E-state index is 0.0342. The molecule has 0 spiro atoms. The molecule has 5 heterocycles. The molecule has 1 unspecified atom stereocenters. The second kappa shape index (κ2) is 13.1. The fraction of sp³-hybridized carbons (Fsp3) is 0.333. The van der Waals surface area contributed by atoms with Gasteiger partial charge >= 0.3 is 0 Å². The number of rotatable bonds is 9. The fourth-order valence-corrected chi connectivity index (χ4v) is 7.38. The predicted octanol–water partition coefficient (Wildman–Crippen LogP) is 5.77. The normalized spacial score (nSPS) is 20.7. The van der Waals surface area contributed by atoms with E-state index in [2.05, 4.69) is 48.6 Å². The summed E-state index contributed by atoms with van der Waals surface area (Å²) in [4.78, 5) is 39.8. The summed E-state index contributed by atoms with van der Waals surface area (Å²) in [5.74, 6) is 1.27. The molecule has 1 aliphatic carbocycles. The van der Waals surface area contributed by atoms with Crippen molar-refractivity contribution < 1.29 is 14.3 Å². The van der Waals surface area contributed by atoms with Crippen LogP contribution in [-0.4, -0.2) is 68.0 Å². The third-order valence-electron chi connectivity index (χ3n) is 10.6. The quantitative estimate of drug-likeness (QED) is 0.151. The number of allylic oxidation sites excluding steroid dienone is 1. The lowest BCUT2D eigenvalue weighted by Crippen LogP contribution is -2.42. The van der Waals surface area contributed by atoms with Crippen LogP contribution < -0.4 is 10.0 Å². The molecule has 2 atom stereocenters. The number of pyridine rings is 1. The van der Waals surface area contributed by atoms with Gasteiger partial charge in [-0.1, -0.05) is 37.3 Å². The minimum Gasteiger partial charge on any atom is -0.618 e. The van der Waals surface area contributed by atoms with Crippen molar-refractivity contribution in [3.8, 4) is 22.6 Å². The molecule has 8 rings (SSSR count). The summed E-state index contributed by atoms with van der Waals surface area (Å²) < 4.78 is 0.951. The second-order valence-corrected chi connectivity index (χ2v) is 13.8. The zero-order valence-electron chi connectivity index (χ0n) is 28.1. The van der Waals surface area contributed by atoms with Crippen molar-refractivity contribution >= 4 is 28.4 Å². The molecule has 1 saturated carbocycles. The Morgan fingerprint density at radius 2 is 1.84 bits per heavy atom. The van der Waals surface area contributed by atoms with E-state index in [0.29, 0.717) is 49.9 Å². The number of carbonyl (C=O) groups excluding carboxylic acids is 2. The number of anilines is 1. The topological polar surface area (TPSA) is 134 Å². The van der Waals surface area contributed by atoms with Crippen LogP contribution in [0.5, 0.6) is 0 Å². The number of H-pyrrole nitrogens is 1. The first-order valence-corrected chi connectivity index (χ1v) is 17.5. The molecule has 11 nitrogen and oxygen atoms in total. The van der Waals surface area contributed by atoms with Gasteiger partial charge in [0.2, 0.25) is 11.8 Å². The average Bonchev–Trinajstić information content (AvgIpc) is 3.78. The summed E-state index contributed by atoms with van der Waals surface area (Å²) in [7, 11) is 0. The number of hydrogen-bond donors (Lipinski definition) is 2. The highest BCUT2D eigenvalue weighted by molar-refractivity contribution is 6.00. The molecule has 50 heavy (non-hydrogen) atoms. The molecule has 0 radical (unpaired) electrons. The molecule has 1 saturated heterocycles. The van der Waals surface area contributed by atoms with Crippen LogP contribution >= 0.6 is 0 Å². The summed E-state index contributed by atoms with van der Waals surface area (Å²) in [6.45, 7) is 4.19. The monoisotopic (exact) mass is 668 g/mol. The second-order valence-electron chi connectivity index (χ2n) is 13.8. The van der Waals surface area contributed by atoms with E-state index in [1.807, 2.05) is 54.4 Å². The summed E-state index contributed by atoms with van der Waals surface area (Å²) in [5, 5.41) is 24.0. The van der Waals surface area contributed by atoms with Gasteiger partial charge in [0.1, 0.15) is 5.69 Å². The third-order valence-corrected chi connectivity index (χ3v) is 10.6. The summed E-state index contributed by atoms with van der Waals surface area (Å²) in [6.07, 6.45) is 13.3. The first kappa shape index (κ1) is 31.8. The number of benzene rings is 2. The van der Waals surface area contributed by atoms with Crippen molar-refractivity contribution in [2.45, 2.75) is 50.9 Å². The fourth-order valence-electron chi connectivity index (χ4n) is 7.38. The van der Waals surface area contributed by atoms with Gasteiger partial charge in [-0.25, -0.2) is 9.97 Å². The Kier molecular flexibility index (Phi) is 8.36. The molecule has 2 fully saturated rings. The molecule has 254 valence electrons. The van der Waals surface area contributed by atoms with Gasteiger partial charge in [-0.2, -0.15) is 9.83 Å². The standard InChI is InChI=1S/C39H40N8O3/c1-2-39(38(49)42-31-10-11-33-32(23-31)36(44-43-33)30-14-20-47(50)34(22-30)28-6-7-28)15-21-45(25-39)24-35(48)46-18-12-27(13-19-46)26-4-8-29(9-5-26)37-40-16-3-17-41-37/h3-5,8-12,14,16-18,20,22-23,27-28H,2,6-7,13,15,19,21,24-25H2,1H3,(H,42,49)(H,43,44)/t27?,39-/m1/s1. The maximum atomic E-state index is 13.9. The zero-order chi connectivity index (χ0) is 34.2. The predicted molar refractivity (Wildman–Crippen MR) is 191 cm³/mol. The van der Waals surface area contributed by atoms with E-state index in [-0.39, 0.29) is 24.3 Å². The largest absolute Gasteiger partial charge is 0.618 e. The van der Waals surface area contributed by atoms with Crippen LogP contribution in [0, 0.1) is 10.6 Å². The van der Waals surface area contributed by atoms with Crippen LogP contribution in [0.1, 0.15) is 62.1 Å². The minimum atomic E-state index is -0.589. The maximum absolute atomic E-state index is 13.9. The molecule has 2 N–H and O–H groups in total. The third kappa shape index (κ3) is 6.24. The van der Waals surface area contributed by atoms with E-state index in [4.69, 9.17) is 0 Å². The Hall–Kier alpha value is -5.42.